The fourth-order valence-corrected chi connectivity index (χ4v) is 4.79. The lowest BCUT2D eigenvalue weighted by molar-refractivity contribution is -0.136. The van der Waals surface area contributed by atoms with Crippen molar-refractivity contribution in [3.8, 4) is 0 Å². The second kappa shape index (κ2) is 7.54. The molecule has 0 saturated carbocycles. The summed E-state index contributed by atoms with van der Waals surface area (Å²) in [5.41, 5.74) is 0.622. The van der Waals surface area contributed by atoms with Gasteiger partial charge in [-0.05, 0) is 24.1 Å². The summed E-state index contributed by atoms with van der Waals surface area (Å²) in [7, 11) is -4.51. The van der Waals surface area contributed by atoms with Crippen LogP contribution in [0.15, 0.2) is 29.2 Å². The first kappa shape index (κ1) is 16.8. The quantitative estimate of drug-likeness (QED) is 0.779. The Hall–Kier alpha value is -1.21. The summed E-state index contributed by atoms with van der Waals surface area (Å²) < 4.78 is 35.0. The third-order valence-electron chi connectivity index (χ3n) is 2.64. The molecule has 0 spiro atoms. The second-order valence-electron chi connectivity index (χ2n) is 4.42. The maximum atomic E-state index is 12.0. The molecule has 0 radical (unpaired) electrons. The summed E-state index contributed by atoms with van der Waals surface area (Å²) >= 11 is 0. The number of rotatable bonds is 8. The summed E-state index contributed by atoms with van der Waals surface area (Å²) in [5.74, 6) is -0.836. The number of carboxylic acid groups (broad SMARTS) is 1. The van der Waals surface area contributed by atoms with E-state index in [2.05, 4.69) is 0 Å². The van der Waals surface area contributed by atoms with Gasteiger partial charge in [0.05, 0.1) is 23.0 Å². The van der Waals surface area contributed by atoms with Gasteiger partial charge in [-0.2, -0.15) is 0 Å². The monoisotopic (exact) mass is 318 g/mol. The first-order chi connectivity index (χ1) is 9.34. The Labute approximate surface area is 121 Å². The van der Waals surface area contributed by atoms with E-state index in [0.717, 1.165) is 0 Å². The molecule has 0 saturated heterocycles. The number of hydrogen-bond acceptors (Lipinski definition) is 4. The first-order valence-corrected chi connectivity index (χ1v) is 9.37. The molecule has 1 rings (SSSR count). The molecule has 1 aromatic carbocycles. The summed E-state index contributed by atoms with van der Waals surface area (Å²) in [6, 6.07) is 6.37. The van der Waals surface area contributed by atoms with Gasteiger partial charge in [0.2, 0.25) is 0 Å². The highest BCUT2D eigenvalue weighted by molar-refractivity contribution is 7.93. The molecule has 5 nitrogen and oxygen atoms in total. The molecule has 1 atom stereocenters. The van der Waals surface area contributed by atoms with Crippen molar-refractivity contribution >= 4 is 26.6 Å². The molecule has 112 valence electrons. The van der Waals surface area contributed by atoms with E-state index in [1.165, 1.54) is 0 Å². The number of hydrogen-bond donors (Lipinski definition) is 1. The molecule has 0 bridgehead atoms. The van der Waals surface area contributed by atoms with Gasteiger partial charge in [0.15, 0.2) is 9.84 Å². The van der Waals surface area contributed by atoms with Crippen molar-refractivity contribution in [3.63, 3.8) is 0 Å². The molecule has 1 unspecified atom stereocenters. The van der Waals surface area contributed by atoms with Crippen molar-refractivity contribution in [1.82, 2.24) is 0 Å². The Morgan fingerprint density at radius 2 is 1.80 bits per heavy atom. The molecular weight excluding hydrogens is 300 g/mol. The van der Waals surface area contributed by atoms with Crippen molar-refractivity contribution in [1.29, 1.82) is 0 Å². The molecule has 0 fully saturated rings. The maximum Gasteiger partial charge on any atom is 0.307 e. The molecule has 0 aliphatic heterocycles. The van der Waals surface area contributed by atoms with Gasteiger partial charge in [0, 0.05) is 16.4 Å². The van der Waals surface area contributed by atoms with Gasteiger partial charge in [-0.1, -0.05) is 19.1 Å². The molecule has 20 heavy (non-hydrogen) atoms. The predicted molar refractivity (Wildman–Crippen MR) is 78.0 cm³/mol. The van der Waals surface area contributed by atoms with E-state index in [0.29, 0.717) is 16.9 Å². The fourth-order valence-electron chi connectivity index (χ4n) is 1.67. The minimum atomic E-state index is -3.13. The van der Waals surface area contributed by atoms with Gasteiger partial charge in [-0.3, -0.25) is 9.00 Å². The molecule has 0 aliphatic rings. The Balaban J connectivity index is 2.62. The van der Waals surface area contributed by atoms with E-state index in [-0.39, 0.29) is 23.7 Å². The van der Waals surface area contributed by atoms with Gasteiger partial charge in [-0.15, -0.1) is 0 Å². The van der Waals surface area contributed by atoms with Crippen molar-refractivity contribution < 1.29 is 22.5 Å². The second-order valence-corrected chi connectivity index (χ2v) is 8.29. The van der Waals surface area contributed by atoms with Crippen molar-refractivity contribution in [2.75, 3.05) is 17.3 Å². The van der Waals surface area contributed by atoms with Crippen LogP contribution in [0, 0.1) is 0 Å². The smallest absolute Gasteiger partial charge is 0.307 e. The summed E-state index contributed by atoms with van der Waals surface area (Å²) in [5, 5.41) is 8.64. The van der Waals surface area contributed by atoms with E-state index in [4.69, 9.17) is 5.11 Å². The minimum Gasteiger partial charge on any atom is -0.481 e. The Morgan fingerprint density at radius 3 is 2.30 bits per heavy atom. The standard InChI is InChI=1S/C13H18O5S2/c1-2-8-20(17,18)9-7-19(16)12-5-3-11(4-6-12)10-13(14)15/h3-6H,2,7-10H2,1H3,(H,14,15). The average molecular weight is 318 g/mol. The van der Waals surface area contributed by atoms with E-state index < -0.39 is 26.6 Å². The lowest BCUT2D eigenvalue weighted by Crippen LogP contribution is -2.16. The Morgan fingerprint density at radius 1 is 1.20 bits per heavy atom. The third kappa shape index (κ3) is 5.83. The van der Waals surface area contributed by atoms with Gasteiger partial charge in [0.1, 0.15) is 0 Å². The Bertz CT molecular complexity index is 575. The van der Waals surface area contributed by atoms with Crippen LogP contribution in [-0.2, 0) is 31.9 Å². The summed E-state index contributed by atoms with van der Waals surface area (Å²) in [6.45, 7) is 1.79. The summed E-state index contributed by atoms with van der Waals surface area (Å²) in [4.78, 5) is 11.1. The third-order valence-corrected chi connectivity index (χ3v) is 6.12. The Kier molecular flexibility index (Phi) is 6.35. The van der Waals surface area contributed by atoms with Gasteiger partial charge in [0.25, 0.3) is 0 Å². The fraction of sp³-hybridized carbons (Fsp3) is 0.462. The highest BCUT2D eigenvalue weighted by Crippen LogP contribution is 2.10. The SMILES string of the molecule is CCCS(=O)(=O)CCS(=O)c1ccc(CC(=O)O)cc1. The van der Waals surface area contributed by atoms with Crippen LogP contribution < -0.4 is 0 Å². The highest BCUT2D eigenvalue weighted by atomic mass is 32.2. The number of aliphatic carboxylic acids is 1. The topological polar surface area (TPSA) is 88.5 Å². The molecule has 0 amide bonds. The number of carboxylic acids is 1. The predicted octanol–water partition coefficient (Wildman–Crippen LogP) is 1.25. The number of benzene rings is 1. The zero-order valence-corrected chi connectivity index (χ0v) is 12.9. The van der Waals surface area contributed by atoms with E-state index in [1.54, 1.807) is 31.2 Å². The van der Waals surface area contributed by atoms with E-state index in [1.807, 2.05) is 0 Å². The van der Waals surface area contributed by atoms with Crippen molar-refractivity contribution in [3.05, 3.63) is 29.8 Å². The number of carbonyl (C=O) groups is 1. The van der Waals surface area contributed by atoms with Crippen molar-refractivity contribution in [2.24, 2.45) is 0 Å². The normalized spacial score (nSPS) is 13.1. The molecule has 0 aliphatic carbocycles. The lowest BCUT2D eigenvalue weighted by atomic mass is 10.2. The molecule has 0 aromatic heterocycles. The highest BCUT2D eigenvalue weighted by Gasteiger charge is 2.13. The molecule has 7 heteroatoms. The number of sulfone groups is 1. The van der Waals surface area contributed by atoms with Gasteiger partial charge >= 0.3 is 5.97 Å². The molecular formula is C13H18O5S2. The van der Waals surface area contributed by atoms with Gasteiger partial charge in [-0.25, -0.2) is 8.42 Å². The largest absolute Gasteiger partial charge is 0.481 e. The average Bonchev–Trinajstić information content (AvgIpc) is 2.36. The van der Waals surface area contributed by atoms with Crippen LogP contribution in [0.4, 0.5) is 0 Å². The molecule has 1 N–H and O–H groups in total. The van der Waals surface area contributed by atoms with Crippen LogP contribution in [0.2, 0.25) is 0 Å². The maximum absolute atomic E-state index is 12.0. The van der Waals surface area contributed by atoms with Crippen molar-refractivity contribution in [2.45, 2.75) is 24.7 Å². The zero-order chi connectivity index (χ0) is 15.2. The summed E-state index contributed by atoms with van der Waals surface area (Å²) in [6.07, 6.45) is 0.469. The van der Waals surface area contributed by atoms with E-state index >= 15 is 0 Å². The van der Waals surface area contributed by atoms with Gasteiger partial charge < -0.3 is 5.11 Å². The lowest BCUT2D eigenvalue weighted by Gasteiger charge is -2.04. The molecule has 0 heterocycles. The van der Waals surface area contributed by atoms with Crippen LogP contribution in [0.25, 0.3) is 0 Å². The van der Waals surface area contributed by atoms with Crippen LogP contribution in [0.1, 0.15) is 18.9 Å². The molecule has 1 aromatic rings. The van der Waals surface area contributed by atoms with Crippen LogP contribution in [0.5, 0.6) is 0 Å². The zero-order valence-electron chi connectivity index (χ0n) is 11.2. The first-order valence-electron chi connectivity index (χ1n) is 6.23. The van der Waals surface area contributed by atoms with E-state index in [9.17, 15) is 17.4 Å². The van der Waals surface area contributed by atoms with Crippen LogP contribution >= 0.6 is 0 Å². The van der Waals surface area contributed by atoms with Crippen LogP contribution in [-0.4, -0.2) is 41.0 Å². The van der Waals surface area contributed by atoms with Crippen LogP contribution in [0.3, 0.4) is 0 Å². The minimum absolute atomic E-state index is 0.0701.